The Labute approximate surface area is 117 Å². The van der Waals surface area contributed by atoms with E-state index in [9.17, 15) is 5.11 Å². The van der Waals surface area contributed by atoms with E-state index in [0.717, 1.165) is 6.54 Å². The van der Waals surface area contributed by atoms with E-state index in [1.807, 2.05) is 37.4 Å². The van der Waals surface area contributed by atoms with E-state index < -0.39 is 6.10 Å². The monoisotopic (exact) mass is 264 g/mol. The second-order valence-electron chi connectivity index (χ2n) is 6.68. The molecule has 19 heavy (non-hydrogen) atoms. The highest BCUT2D eigenvalue weighted by molar-refractivity contribution is 5.16. The lowest BCUT2D eigenvalue weighted by atomic mass is 9.95. The van der Waals surface area contributed by atoms with Crippen molar-refractivity contribution in [1.29, 1.82) is 0 Å². The minimum absolute atomic E-state index is 0.218. The average molecular weight is 264 g/mol. The Morgan fingerprint density at radius 1 is 1.21 bits per heavy atom. The summed E-state index contributed by atoms with van der Waals surface area (Å²) in [5.74, 6) is 0. The van der Waals surface area contributed by atoms with Gasteiger partial charge in [0.05, 0.1) is 6.10 Å². The molecule has 0 aliphatic carbocycles. The molecule has 0 radical (unpaired) electrons. The van der Waals surface area contributed by atoms with Crippen molar-refractivity contribution in [3.8, 4) is 0 Å². The van der Waals surface area contributed by atoms with Crippen LogP contribution in [0.4, 0.5) is 0 Å². The van der Waals surface area contributed by atoms with E-state index in [1.165, 1.54) is 5.56 Å². The van der Waals surface area contributed by atoms with Crippen LogP contribution in [0.25, 0.3) is 0 Å². The van der Waals surface area contributed by atoms with Gasteiger partial charge in [-0.2, -0.15) is 0 Å². The van der Waals surface area contributed by atoms with Gasteiger partial charge in [-0.15, -0.1) is 0 Å². The molecule has 2 atom stereocenters. The fourth-order valence-electron chi connectivity index (χ4n) is 2.35. The fourth-order valence-corrected chi connectivity index (χ4v) is 2.35. The second kappa shape index (κ2) is 7.04. The van der Waals surface area contributed by atoms with E-state index >= 15 is 0 Å². The third-order valence-corrected chi connectivity index (χ3v) is 3.05. The SMILES string of the molecule is CN(CC(O)C(N)Cc1ccccc1)CC(C)(C)C. The van der Waals surface area contributed by atoms with Crippen LogP contribution < -0.4 is 5.73 Å². The summed E-state index contributed by atoms with van der Waals surface area (Å²) >= 11 is 0. The molecule has 1 aromatic rings. The van der Waals surface area contributed by atoms with Gasteiger partial charge in [-0.1, -0.05) is 51.1 Å². The number of benzene rings is 1. The second-order valence-corrected chi connectivity index (χ2v) is 6.68. The number of likely N-dealkylation sites (N-methyl/N-ethyl adjacent to an activating group) is 1. The van der Waals surface area contributed by atoms with Crippen LogP contribution in [-0.4, -0.2) is 42.3 Å². The normalized spacial score (nSPS) is 15.5. The Bertz CT molecular complexity index is 359. The number of hydrogen-bond donors (Lipinski definition) is 2. The molecule has 3 N–H and O–H groups in total. The molecule has 0 saturated carbocycles. The van der Waals surface area contributed by atoms with Gasteiger partial charge >= 0.3 is 0 Å². The molecule has 0 amide bonds. The molecule has 0 aliphatic rings. The molecule has 108 valence electrons. The van der Waals surface area contributed by atoms with Gasteiger partial charge < -0.3 is 15.7 Å². The molecular formula is C16H28N2O. The number of nitrogens with two attached hydrogens (primary N) is 1. The predicted molar refractivity (Wildman–Crippen MR) is 81.1 cm³/mol. The maximum absolute atomic E-state index is 10.2. The molecule has 3 heteroatoms. The van der Waals surface area contributed by atoms with Gasteiger partial charge in [0.15, 0.2) is 0 Å². The van der Waals surface area contributed by atoms with Crippen LogP contribution >= 0.6 is 0 Å². The minimum atomic E-state index is -0.493. The van der Waals surface area contributed by atoms with E-state index in [2.05, 4.69) is 25.7 Å². The van der Waals surface area contributed by atoms with Crippen LogP contribution in [0.2, 0.25) is 0 Å². The molecule has 1 rings (SSSR count). The van der Waals surface area contributed by atoms with Crippen LogP contribution in [0, 0.1) is 5.41 Å². The summed E-state index contributed by atoms with van der Waals surface area (Å²) in [6.07, 6.45) is 0.221. The first-order chi connectivity index (χ1) is 8.78. The Morgan fingerprint density at radius 3 is 2.32 bits per heavy atom. The number of aliphatic hydroxyl groups excluding tert-OH is 1. The van der Waals surface area contributed by atoms with Gasteiger partial charge in [0.2, 0.25) is 0 Å². The first-order valence-corrected chi connectivity index (χ1v) is 6.94. The van der Waals surface area contributed by atoms with Gasteiger partial charge in [0.25, 0.3) is 0 Å². The van der Waals surface area contributed by atoms with Crippen molar-refractivity contribution in [2.45, 2.75) is 39.3 Å². The van der Waals surface area contributed by atoms with Gasteiger partial charge in [-0.3, -0.25) is 0 Å². The van der Waals surface area contributed by atoms with Crippen molar-refractivity contribution in [2.24, 2.45) is 11.1 Å². The van der Waals surface area contributed by atoms with E-state index in [1.54, 1.807) is 0 Å². The van der Waals surface area contributed by atoms with Crippen molar-refractivity contribution < 1.29 is 5.11 Å². The lowest BCUT2D eigenvalue weighted by molar-refractivity contribution is 0.0879. The van der Waals surface area contributed by atoms with Gasteiger partial charge in [0, 0.05) is 19.1 Å². The predicted octanol–water partition coefficient (Wildman–Crippen LogP) is 1.90. The first-order valence-electron chi connectivity index (χ1n) is 6.94. The van der Waals surface area contributed by atoms with E-state index in [-0.39, 0.29) is 11.5 Å². The molecule has 0 saturated heterocycles. The topological polar surface area (TPSA) is 49.5 Å². The molecule has 0 spiro atoms. The van der Waals surface area contributed by atoms with Gasteiger partial charge in [-0.25, -0.2) is 0 Å². The van der Waals surface area contributed by atoms with Crippen LogP contribution in [0.1, 0.15) is 26.3 Å². The largest absolute Gasteiger partial charge is 0.390 e. The molecular weight excluding hydrogens is 236 g/mol. The summed E-state index contributed by atoms with van der Waals surface area (Å²) in [5, 5.41) is 10.2. The smallest absolute Gasteiger partial charge is 0.0820 e. The molecule has 3 nitrogen and oxygen atoms in total. The number of hydrogen-bond acceptors (Lipinski definition) is 3. The van der Waals surface area contributed by atoms with Crippen molar-refractivity contribution in [3.05, 3.63) is 35.9 Å². The van der Waals surface area contributed by atoms with Crippen LogP contribution in [0.3, 0.4) is 0 Å². The number of rotatable bonds is 6. The highest BCUT2D eigenvalue weighted by Crippen LogP contribution is 2.14. The summed E-state index contributed by atoms with van der Waals surface area (Å²) in [5.41, 5.74) is 7.49. The highest BCUT2D eigenvalue weighted by Gasteiger charge is 2.20. The minimum Gasteiger partial charge on any atom is -0.390 e. The van der Waals surface area contributed by atoms with Crippen LogP contribution in [0.5, 0.6) is 0 Å². The summed E-state index contributed by atoms with van der Waals surface area (Å²) < 4.78 is 0. The average Bonchev–Trinajstić information content (AvgIpc) is 2.27. The molecule has 2 unspecified atom stereocenters. The summed E-state index contributed by atoms with van der Waals surface area (Å²) in [6.45, 7) is 8.15. The highest BCUT2D eigenvalue weighted by atomic mass is 16.3. The molecule has 0 bridgehead atoms. The van der Waals surface area contributed by atoms with Crippen LogP contribution in [0.15, 0.2) is 30.3 Å². The standard InChI is InChI=1S/C16H28N2O/c1-16(2,3)12-18(4)11-15(19)14(17)10-13-8-6-5-7-9-13/h5-9,14-15,19H,10-12,17H2,1-4H3. The zero-order valence-corrected chi connectivity index (χ0v) is 12.6. The van der Waals surface area contributed by atoms with E-state index in [4.69, 9.17) is 5.73 Å². The number of nitrogens with zero attached hydrogens (tertiary/aromatic N) is 1. The van der Waals surface area contributed by atoms with Gasteiger partial charge in [-0.05, 0) is 24.4 Å². The summed E-state index contributed by atoms with van der Waals surface area (Å²) in [6, 6.07) is 9.87. The van der Waals surface area contributed by atoms with Crippen molar-refractivity contribution in [2.75, 3.05) is 20.1 Å². The quantitative estimate of drug-likeness (QED) is 0.825. The third-order valence-electron chi connectivity index (χ3n) is 3.05. The van der Waals surface area contributed by atoms with Crippen LogP contribution in [-0.2, 0) is 6.42 Å². The fraction of sp³-hybridized carbons (Fsp3) is 0.625. The molecule has 0 fully saturated rings. The van der Waals surface area contributed by atoms with E-state index in [0.29, 0.717) is 13.0 Å². The maximum atomic E-state index is 10.2. The zero-order chi connectivity index (χ0) is 14.5. The Balaban J connectivity index is 2.42. The van der Waals surface area contributed by atoms with Crippen molar-refractivity contribution in [1.82, 2.24) is 4.90 Å². The maximum Gasteiger partial charge on any atom is 0.0820 e. The lowest BCUT2D eigenvalue weighted by Gasteiger charge is -2.30. The molecule has 0 aliphatic heterocycles. The Kier molecular flexibility index (Phi) is 5.98. The molecule has 0 heterocycles. The first kappa shape index (κ1) is 16.2. The lowest BCUT2D eigenvalue weighted by Crippen LogP contribution is -2.45. The molecule has 1 aromatic carbocycles. The van der Waals surface area contributed by atoms with Crippen molar-refractivity contribution >= 4 is 0 Å². The summed E-state index contributed by atoms with van der Waals surface area (Å²) in [7, 11) is 2.03. The molecule has 0 aromatic heterocycles. The number of aliphatic hydroxyl groups is 1. The Morgan fingerprint density at radius 2 is 1.79 bits per heavy atom. The summed E-state index contributed by atoms with van der Waals surface area (Å²) in [4.78, 5) is 2.15. The Hall–Kier alpha value is -0.900. The van der Waals surface area contributed by atoms with Crippen molar-refractivity contribution in [3.63, 3.8) is 0 Å². The third kappa shape index (κ3) is 6.71. The zero-order valence-electron chi connectivity index (χ0n) is 12.6. The van der Waals surface area contributed by atoms with Gasteiger partial charge in [0.1, 0.15) is 0 Å².